The number of halogens is 1. The fourth-order valence-corrected chi connectivity index (χ4v) is 1.21. The molecule has 17 heavy (non-hydrogen) atoms. The van der Waals surface area contributed by atoms with Crippen molar-refractivity contribution in [2.45, 2.75) is 19.9 Å². The molecule has 1 aromatic rings. The highest BCUT2D eigenvalue weighted by atomic mass is 19.1. The van der Waals surface area contributed by atoms with Gasteiger partial charge >= 0.3 is 6.03 Å². The zero-order valence-electron chi connectivity index (χ0n) is 9.79. The zero-order valence-corrected chi connectivity index (χ0v) is 9.79. The first kappa shape index (κ1) is 13.2. The number of nitrogens with one attached hydrogen (secondary N) is 2. The van der Waals surface area contributed by atoms with Crippen LogP contribution in [0.4, 0.5) is 9.18 Å². The average Bonchev–Trinajstić information content (AvgIpc) is 2.26. The van der Waals surface area contributed by atoms with E-state index < -0.39 is 11.8 Å². The molecule has 5 heteroatoms. The van der Waals surface area contributed by atoms with Gasteiger partial charge in [-0.25, -0.2) is 9.18 Å². The number of rotatable bonds is 4. The molecule has 0 aliphatic carbocycles. The second kappa shape index (κ2) is 5.98. The molecule has 0 fully saturated rings. The highest BCUT2D eigenvalue weighted by Gasteiger charge is 2.08. The van der Waals surface area contributed by atoms with E-state index in [9.17, 15) is 14.0 Å². The van der Waals surface area contributed by atoms with E-state index >= 15 is 0 Å². The quantitative estimate of drug-likeness (QED) is 0.785. The summed E-state index contributed by atoms with van der Waals surface area (Å²) >= 11 is 0. The average molecular weight is 238 g/mol. The Balaban J connectivity index is 2.45. The van der Waals surface area contributed by atoms with Crippen LogP contribution in [0.2, 0.25) is 0 Å². The van der Waals surface area contributed by atoms with Crippen molar-refractivity contribution in [2.75, 3.05) is 6.54 Å². The summed E-state index contributed by atoms with van der Waals surface area (Å²) in [5.74, 6) is -0.657. The van der Waals surface area contributed by atoms with Crippen LogP contribution in [-0.4, -0.2) is 24.4 Å². The zero-order chi connectivity index (χ0) is 12.8. The van der Waals surface area contributed by atoms with Gasteiger partial charge in [-0.15, -0.1) is 0 Å². The number of hydrogen-bond donors (Lipinski definition) is 2. The smallest absolute Gasteiger partial charge is 0.315 e. The molecule has 2 amide bonds. The maximum Gasteiger partial charge on any atom is 0.315 e. The predicted molar refractivity (Wildman–Crippen MR) is 62.4 cm³/mol. The van der Waals surface area contributed by atoms with Crippen molar-refractivity contribution in [3.63, 3.8) is 0 Å². The molecule has 92 valence electrons. The maximum atomic E-state index is 12.6. The molecule has 0 unspecified atom stereocenters. The Labute approximate surface area is 99.2 Å². The fourth-order valence-electron chi connectivity index (χ4n) is 1.21. The first-order valence-corrected chi connectivity index (χ1v) is 5.32. The summed E-state index contributed by atoms with van der Waals surface area (Å²) in [6, 6.07) is 4.81. The van der Waals surface area contributed by atoms with Crippen molar-refractivity contribution < 1.29 is 14.0 Å². The molecule has 0 atom stereocenters. The van der Waals surface area contributed by atoms with Crippen LogP contribution in [0.3, 0.4) is 0 Å². The largest absolute Gasteiger partial charge is 0.336 e. The van der Waals surface area contributed by atoms with Crippen LogP contribution < -0.4 is 10.6 Å². The number of carbonyl (C=O) groups excluding carboxylic acids is 2. The summed E-state index contributed by atoms with van der Waals surface area (Å²) in [4.78, 5) is 22.8. The number of urea groups is 1. The molecule has 0 spiro atoms. The van der Waals surface area contributed by atoms with Gasteiger partial charge < -0.3 is 10.6 Å². The van der Waals surface area contributed by atoms with Gasteiger partial charge in [0.2, 0.25) is 0 Å². The van der Waals surface area contributed by atoms with Gasteiger partial charge in [0.25, 0.3) is 0 Å². The van der Waals surface area contributed by atoms with E-state index in [2.05, 4.69) is 10.6 Å². The Morgan fingerprint density at radius 3 is 2.35 bits per heavy atom. The van der Waals surface area contributed by atoms with Gasteiger partial charge in [-0.3, -0.25) is 4.79 Å². The van der Waals surface area contributed by atoms with Crippen molar-refractivity contribution in [1.82, 2.24) is 10.6 Å². The van der Waals surface area contributed by atoms with Gasteiger partial charge in [0.05, 0.1) is 6.54 Å². The minimum absolute atomic E-state index is 0.0101. The summed E-state index contributed by atoms with van der Waals surface area (Å²) in [5.41, 5.74) is 0.372. The van der Waals surface area contributed by atoms with E-state index in [1.54, 1.807) is 0 Å². The molecule has 0 bridgehead atoms. The van der Waals surface area contributed by atoms with E-state index in [4.69, 9.17) is 0 Å². The van der Waals surface area contributed by atoms with Crippen LogP contribution in [0.5, 0.6) is 0 Å². The normalized spacial score (nSPS) is 10.1. The van der Waals surface area contributed by atoms with E-state index in [0.717, 1.165) is 0 Å². The second-order valence-corrected chi connectivity index (χ2v) is 3.91. The van der Waals surface area contributed by atoms with Crippen LogP contribution in [-0.2, 0) is 0 Å². The second-order valence-electron chi connectivity index (χ2n) is 3.91. The molecule has 0 saturated heterocycles. The van der Waals surface area contributed by atoms with E-state index in [-0.39, 0.29) is 18.4 Å². The Morgan fingerprint density at radius 2 is 1.82 bits per heavy atom. The van der Waals surface area contributed by atoms with Crippen molar-refractivity contribution in [2.24, 2.45) is 0 Å². The lowest BCUT2D eigenvalue weighted by Gasteiger charge is -2.09. The van der Waals surface area contributed by atoms with Crippen LogP contribution >= 0.6 is 0 Å². The van der Waals surface area contributed by atoms with Gasteiger partial charge in [0.15, 0.2) is 5.78 Å². The number of hydrogen-bond acceptors (Lipinski definition) is 2. The van der Waals surface area contributed by atoms with Crippen molar-refractivity contribution in [3.05, 3.63) is 35.6 Å². The van der Waals surface area contributed by atoms with Gasteiger partial charge in [0.1, 0.15) is 5.82 Å². The minimum atomic E-state index is -0.396. The minimum Gasteiger partial charge on any atom is -0.336 e. The molecule has 0 aliphatic rings. The monoisotopic (exact) mass is 238 g/mol. The van der Waals surface area contributed by atoms with Gasteiger partial charge in [-0.05, 0) is 38.1 Å². The lowest BCUT2D eigenvalue weighted by molar-refractivity contribution is 0.0992. The molecule has 0 heterocycles. The van der Waals surface area contributed by atoms with Gasteiger partial charge in [-0.2, -0.15) is 0 Å². The molecule has 2 N–H and O–H groups in total. The Bertz CT molecular complexity index is 401. The molecule has 0 saturated carbocycles. The molecule has 0 aromatic heterocycles. The third-order valence-electron chi connectivity index (χ3n) is 2.00. The topological polar surface area (TPSA) is 58.2 Å². The van der Waals surface area contributed by atoms with Crippen molar-refractivity contribution in [3.8, 4) is 0 Å². The summed E-state index contributed by atoms with van der Waals surface area (Å²) in [5, 5.41) is 5.03. The molecular weight excluding hydrogens is 223 g/mol. The molecule has 1 aromatic carbocycles. The fraction of sp³-hybridized carbons (Fsp3) is 0.333. The number of amides is 2. The molecular formula is C12H15FN2O2. The van der Waals surface area contributed by atoms with Crippen molar-refractivity contribution >= 4 is 11.8 Å². The lowest BCUT2D eigenvalue weighted by Crippen LogP contribution is -2.41. The van der Waals surface area contributed by atoms with Crippen LogP contribution in [0.15, 0.2) is 24.3 Å². The highest BCUT2D eigenvalue weighted by molar-refractivity contribution is 5.99. The van der Waals surface area contributed by atoms with Crippen LogP contribution in [0.25, 0.3) is 0 Å². The van der Waals surface area contributed by atoms with Crippen LogP contribution in [0, 0.1) is 5.82 Å². The van der Waals surface area contributed by atoms with Crippen molar-refractivity contribution in [1.29, 1.82) is 0 Å². The van der Waals surface area contributed by atoms with E-state index in [0.29, 0.717) is 5.56 Å². The molecule has 0 radical (unpaired) electrons. The Kier molecular flexibility index (Phi) is 4.63. The number of Topliss-reactive ketones (excluding diaryl/α,β-unsaturated/α-hetero) is 1. The summed E-state index contributed by atoms with van der Waals surface area (Å²) in [6.45, 7) is 3.53. The predicted octanol–water partition coefficient (Wildman–Crippen LogP) is 1.72. The third-order valence-corrected chi connectivity index (χ3v) is 2.00. The van der Waals surface area contributed by atoms with Crippen LogP contribution in [0.1, 0.15) is 24.2 Å². The first-order chi connectivity index (χ1) is 7.99. The van der Waals surface area contributed by atoms with E-state index in [1.165, 1.54) is 24.3 Å². The Morgan fingerprint density at radius 1 is 1.24 bits per heavy atom. The van der Waals surface area contributed by atoms with Gasteiger partial charge in [0, 0.05) is 11.6 Å². The molecule has 0 aliphatic heterocycles. The highest BCUT2D eigenvalue weighted by Crippen LogP contribution is 2.02. The third kappa shape index (κ3) is 4.63. The standard InChI is InChI=1S/C12H15FN2O2/c1-8(2)15-12(17)14-7-11(16)9-3-5-10(13)6-4-9/h3-6,8H,7H2,1-2H3,(H2,14,15,17). The molecule has 1 rings (SSSR count). The summed E-state index contributed by atoms with van der Waals surface area (Å²) in [6.07, 6.45) is 0. The number of ketones is 1. The first-order valence-electron chi connectivity index (χ1n) is 5.32. The Hall–Kier alpha value is -1.91. The number of benzene rings is 1. The number of carbonyl (C=O) groups is 2. The summed E-state index contributed by atoms with van der Waals surface area (Å²) < 4.78 is 12.6. The maximum absolute atomic E-state index is 12.6. The molecule has 4 nitrogen and oxygen atoms in total. The van der Waals surface area contributed by atoms with E-state index in [1.807, 2.05) is 13.8 Å². The van der Waals surface area contributed by atoms with Gasteiger partial charge in [-0.1, -0.05) is 0 Å². The lowest BCUT2D eigenvalue weighted by atomic mass is 10.1. The SMILES string of the molecule is CC(C)NC(=O)NCC(=O)c1ccc(F)cc1. The summed E-state index contributed by atoms with van der Waals surface area (Å²) in [7, 11) is 0.